The van der Waals surface area contributed by atoms with Gasteiger partial charge >= 0.3 is 0 Å². The van der Waals surface area contributed by atoms with E-state index in [-0.39, 0.29) is 5.78 Å². The van der Waals surface area contributed by atoms with Crippen LogP contribution in [0.1, 0.15) is 51.4 Å². The monoisotopic (exact) mass is 250 g/mol. The number of carbonyl (C=O) groups is 1. The fourth-order valence-corrected chi connectivity index (χ4v) is 2.95. The molecular weight excluding hydrogens is 232 g/mol. The van der Waals surface area contributed by atoms with E-state index >= 15 is 0 Å². The molecule has 0 aromatic heterocycles. The van der Waals surface area contributed by atoms with Crippen molar-refractivity contribution < 1.29 is 4.79 Å². The summed E-state index contributed by atoms with van der Waals surface area (Å²) >= 11 is 0. The van der Waals surface area contributed by atoms with Crippen LogP contribution in [0.15, 0.2) is 42.5 Å². The van der Waals surface area contributed by atoms with Gasteiger partial charge in [0.15, 0.2) is 5.78 Å². The Morgan fingerprint density at radius 2 is 1.79 bits per heavy atom. The van der Waals surface area contributed by atoms with Crippen molar-refractivity contribution in [3.8, 4) is 0 Å². The van der Waals surface area contributed by atoms with Gasteiger partial charge in [-0.2, -0.15) is 0 Å². The first-order valence-corrected chi connectivity index (χ1v) is 6.86. The number of aryl methyl sites for hydroxylation is 2. The predicted octanol–water partition coefficient (Wildman–Crippen LogP) is 4.41. The van der Waals surface area contributed by atoms with Crippen molar-refractivity contribution >= 4 is 5.78 Å². The third-order valence-electron chi connectivity index (χ3n) is 4.23. The highest BCUT2D eigenvalue weighted by Gasteiger charge is 2.26. The van der Waals surface area contributed by atoms with Gasteiger partial charge in [0.2, 0.25) is 0 Å². The highest BCUT2D eigenvalue weighted by Crippen LogP contribution is 2.36. The van der Waals surface area contributed by atoms with Crippen molar-refractivity contribution in [2.24, 2.45) is 0 Å². The van der Waals surface area contributed by atoms with E-state index in [1.807, 2.05) is 18.2 Å². The average molecular weight is 250 g/mol. The third-order valence-corrected chi connectivity index (χ3v) is 4.23. The molecule has 96 valence electrons. The quantitative estimate of drug-likeness (QED) is 0.732. The van der Waals surface area contributed by atoms with Gasteiger partial charge in [-0.3, -0.25) is 4.79 Å². The van der Waals surface area contributed by atoms with E-state index < -0.39 is 0 Å². The fraction of sp³-hybridized carbons (Fsp3) is 0.278. The Kier molecular flexibility index (Phi) is 2.98. The molecule has 1 heteroatoms. The molecule has 2 aromatic rings. The summed E-state index contributed by atoms with van der Waals surface area (Å²) in [6.45, 7) is 4.29. The molecule has 1 aliphatic rings. The second-order valence-corrected chi connectivity index (χ2v) is 5.45. The summed E-state index contributed by atoms with van der Waals surface area (Å²) in [6.07, 6.45) is 1.59. The van der Waals surface area contributed by atoms with Gasteiger partial charge in [0.25, 0.3) is 0 Å². The Morgan fingerprint density at radius 1 is 1.00 bits per heavy atom. The van der Waals surface area contributed by atoms with Gasteiger partial charge in [-0.05, 0) is 42.5 Å². The molecular formula is C18H18O. The molecule has 1 aliphatic carbocycles. The second kappa shape index (κ2) is 4.65. The lowest BCUT2D eigenvalue weighted by Gasteiger charge is -2.25. The maximum atomic E-state index is 12.0. The summed E-state index contributed by atoms with van der Waals surface area (Å²) in [5, 5.41) is 0. The van der Waals surface area contributed by atoms with E-state index in [1.54, 1.807) is 0 Å². The molecule has 0 heterocycles. The molecule has 0 spiro atoms. The Bertz CT molecular complexity index is 640. The molecule has 0 bridgehead atoms. The van der Waals surface area contributed by atoms with E-state index in [0.717, 1.165) is 12.0 Å². The summed E-state index contributed by atoms with van der Waals surface area (Å²) in [7, 11) is 0. The van der Waals surface area contributed by atoms with Crippen LogP contribution in [0.2, 0.25) is 0 Å². The van der Waals surface area contributed by atoms with E-state index in [9.17, 15) is 4.79 Å². The molecule has 1 nitrogen and oxygen atoms in total. The van der Waals surface area contributed by atoms with Crippen molar-refractivity contribution in [3.63, 3.8) is 0 Å². The van der Waals surface area contributed by atoms with Crippen LogP contribution in [0.4, 0.5) is 0 Å². The first-order valence-electron chi connectivity index (χ1n) is 6.86. The van der Waals surface area contributed by atoms with Gasteiger partial charge in [-0.25, -0.2) is 0 Å². The van der Waals surface area contributed by atoms with Crippen LogP contribution < -0.4 is 0 Å². The molecule has 0 radical (unpaired) electrons. The van der Waals surface area contributed by atoms with Crippen LogP contribution in [0.25, 0.3) is 0 Å². The average Bonchev–Trinajstić information content (AvgIpc) is 2.43. The summed E-state index contributed by atoms with van der Waals surface area (Å²) in [6, 6.07) is 14.7. The third kappa shape index (κ3) is 2.10. The Hall–Kier alpha value is -1.89. The molecule has 1 atom stereocenters. The van der Waals surface area contributed by atoms with Gasteiger partial charge in [-0.1, -0.05) is 42.5 Å². The highest BCUT2D eigenvalue weighted by molar-refractivity contribution is 5.99. The Labute approximate surface area is 114 Å². The van der Waals surface area contributed by atoms with Crippen molar-refractivity contribution in [2.75, 3.05) is 0 Å². The van der Waals surface area contributed by atoms with E-state index in [4.69, 9.17) is 0 Å². The molecule has 2 aromatic carbocycles. The Morgan fingerprint density at radius 3 is 2.58 bits per heavy atom. The van der Waals surface area contributed by atoms with Crippen LogP contribution >= 0.6 is 0 Å². The first-order chi connectivity index (χ1) is 9.16. The molecule has 0 saturated heterocycles. The predicted molar refractivity (Wildman–Crippen MR) is 77.8 cm³/mol. The van der Waals surface area contributed by atoms with Gasteiger partial charge in [0, 0.05) is 17.9 Å². The molecule has 0 N–H and O–H groups in total. The minimum absolute atomic E-state index is 0.288. The molecule has 0 saturated carbocycles. The summed E-state index contributed by atoms with van der Waals surface area (Å²) < 4.78 is 0. The number of hydrogen-bond acceptors (Lipinski definition) is 1. The summed E-state index contributed by atoms with van der Waals surface area (Å²) in [5.74, 6) is 0.656. The number of Topliss-reactive ketones (excluding diaryl/α,β-unsaturated/α-hetero) is 1. The van der Waals surface area contributed by atoms with Crippen LogP contribution in [0.5, 0.6) is 0 Å². The lowest BCUT2D eigenvalue weighted by molar-refractivity contribution is 0.0969. The molecule has 0 amide bonds. The first kappa shape index (κ1) is 12.2. The van der Waals surface area contributed by atoms with Gasteiger partial charge < -0.3 is 0 Å². The van der Waals surface area contributed by atoms with Crippen LogP contribution in [-0.4, -0.2) is 5.78 Å². The lowest BCUT2D eigenvalue weighted by Crippen LogP contribution is -2.16. The minimum Gasteiger partial charge on any atom is -0.294 e. The normalized spacial score (nSPS) is 18.2. The zero-order valence-corrected chi connectivity index (χ0v) is 11.4. The largest absolute Gasteiger partial charge is 0.294 e. The maximum Gasteiger partial charge on any atom is 0.163 e. The number of fused-ring (bicyclic) bond motifs is 1. The molecule has 0 aliphatic heterocycles. The molecule has 1 unspecified atom stereocenters. The number of benzene rings is 2. The van der Waals surface area contributed by atoms with E-state index in [0.29, 0.717) is 12.3 Å². The lowest BCUT2D eigenvalue weighted by atomic mass is 9.78. The standard InChI is InChI=1S/C18H18O/c1-12-7-8-14(11-13(12)2)15-9-10-18(19)17-6-4-3-5-16(15)17/h3-8,11,15H,9-10H2,1-2H3. The molecule has 0 fully saturated rings. The smallest absolute Gasteiger partial charge is 0.163 e. The van der Waals surface area contributed by atoms with Gasteiger partial charge in [-0.15, -0.1) is 0 Å². The number of ketones is 1. The van der Waals surface area contributed by atoms with E-state index in [2.05, 4.69) is 38.1 Å². The molecule has 19 heavy (non-hydrogen) atoms. The van der Waals surface area contributed by atoms with Crippen molar-refractivity contribution in [1.29, 1.82) is 0 Å². The zero-order valence-electron chi connectivity index (χ0n) is 11.4. The minimum atomic E-state index is 0.288. The molecule has 3 rings (SSSR count). The second-order valence-electron chi connectivity index (χ2n) is 5.45. The van der Waals surface area contributed by atoms with Crippen LogP contribution in [-0.2, 0) is 0 Å². The number of rotatable bonds is 1. The van der Waals surface area contributed by atoms with Crippen molar-refractivity contribution in [1.82, 2.24) is 0 Å². The maximum absolute atomic E-state index is 12.0. The Balaban J connectivity index is 2.09. The summed E-state index contributed by atoms with van der Waals surface area (Å²) in [4.78, 5) is 12.0. The summed E-state index contributed by atoms with van der Waals surface area (Å²) in [5.41, 5.74) is 6.10. The number of hydrogen-bond donors (Lipinski definition) is 0. The van der Waals surface area contributed by atoms with Crippen molar-refractivity contribution in [3.05, 3.63) is 70.3 Å². The SMILES string of the molecule is Cc1ccc(C2CCC(=O)c3ccccc32)cc1C. The van der Waals surface area contributed by atoms with E-state index in [1.165, 1.54) is 22.3 Å². The topological polar surface area (TPSA) is 17.1 Å². The van der Waals surface area contributed by atoms with Gasteiger partial charge in [0.1, 0.15) is 0 Å². The van der Waals surface area contributed by atoms with Crippen LogP contribution in [0, 0.1) is 13.8 Å². The van der Waals surface area contributed by atoms with Crippen LogP contribution in [0.3, 0.4) is 0 Å². The number of carbonyl (C=O) groups excluding carboxylic acids is 1. The fourth-order valence-electron chi connectivity index (χ4n) is 2.95. The van der Waals surface area contributed by atoms with Gasteiger partial charge in [0.05, 0.1) is 0 Å². The highest BCUT2D eigenvalue weighted by atomic mass is 16.1. The zero-order chi connectivity index (χ0) is 13.4. The van der Waals surface area contributed by atoms with Crippen molar-refractivity contribution in [2.45, 2.75) is 32.6 Å².